The third-order valence-corrected chi connectivity index (χ3v) is 2.50. The number of rotatable bonds is 5. The highest BCUT2D eigenvalue weighted by molar-refractivity contribution is 5.76. The summed E-state index contributed by atoms with van der Waals surface area (Å²) < 4.78 is 38.7. The highest BCUT2D eigenvalue weighted by Crippen LogP contribution is 2.21. The van der Waals surface area contributed by atoms with Gasteiger partial charge in [-0.1, -0.05) is 20.8 Å². The quantitative estimate of drug-likeness (QED) is 0.615. The number of alkyl halides is 3. The Bertz CT molecular complexity index is 533. The summed E-state index contributed by atoms with van der Waals surface area (Å²) >= 11 is 0. The predicted molar refractivity (Wildman–Crippen MR) is 71.0 cm³/mol. The summed E-state index contributed by atoms with van der Waals surface area (Å²) in [5.74, 6) is -1.27. The van der Waals surface area contributed by atoms with Gasteiger partial charge in [0.15, 0.2) is 0 Å². The lowest BCUT2D eigenvalue weighted by atomic mass is 9.96. The average molecular weight is 322 g/mol. The van der Waals surface area contributed by atoms with Crippen molar-refractivity contribution in [1.29, 1.82) is 0 Å². The monoisotopic (exact) mass is 322 g/mol. The standard InChI is InChI=1S/C12H17F3N4O3/c1-11(2,3)7-17(8-12(13,14)15)10(20)6-18-5-4-9(16-18)19(21)22/h4-5H,6-8H2,1-3H3. The molecule has 0 aliphatic rings. The molecule has 1 amide bonds. The second-order valence-corrected chi connectivity index (χ2v) is 6.05. The minimum absolute atomic E-state index is 0.0886. The van der Waals surface area contributed by atoms with Gasteiger partial charge in [0.05, 0.1) is 17.4 Å². The first-order chi connectivity index (χ1) is 9.87. The summed E-state index contributed by atoms with van der Waals surface area (Å²) in [6, 6.07) is 1.07. The Morgan fingerprint density at radius 3 is 2.36 bits per heavy atom. The maximum absolute atomic E-state index is 12.6. The highest BCUT2D eigenvalue weighted by atomic mass is 19.4. The van der Waals surface area contributed by atoms with Crippen molar-refractivity contribution >= 4 is 11.7 Å². The van der Waals surface area contributed by atoms with Gasteiger partial charge >= 0.3 is 12.0 Å². The normalized spacial score (nSPS) is 12.3. The molecule has 1 aromatic heterocycles. The van der Waals surface area contributed by atoms with Crippen molar-refractivity contribution in [3.8, 4) is 0 Å². The van der Waals surface area contributed by atoms with E-state index >= 15 is 0 Å². The van der Waals surface area contributed by atoms with Gasteiger partial charge in [0.1, 0.15) is 13.1 Å². The number of halogens is 3. The number of amides is 1. The summed E-state index contributed by atoms with van der Waals surface area (Å²) in [5.41, 5.74) is -0.517. The van der Waals surface area contributed by atoms with E-state index in [0.717, 1.165) is 10.7 Å². The molecule has 124 valence electrons. The molecule has 0 saturated heterocycles. The molecular weight excluding hydrogens is 305 g/mol. The van der Waals surface area contributed by atoms with E-state index in [2.05, 4.69) is 5.10 Å². The lowest BCUT2D eigenvalue weighted by Crippen LogP contribution is -2.44. The zero-order chi connectivity index (χ0) is 17.1. The molecule has 0 saturated carbocycles. The van der Waals surface area contributed by atoms with Crippen molar-refractivity contribution in [1.82, 2.24) is 14.7 Å². The van der Waals surface area contributed by atoms with E-state index in [0.29, 0.717) is 4.90 Å². The Kier molecular flexibility index (Phi) is 5.15. The molecule has 0 fully saturated rings. The van der Waals surface area contributed by atoms with Crippen molar-refractivity contribution in [3.05, 3.63) is 22.4 Å². The summed E-state index contributed by atoms with van der Waals surface area (Å²) in [6.07, 6.45) is -3.34. The van der Waals surface area contributed by atoms with Crippen LogP contribution >= 0.6 is 0 Å². The van der Waals surface area contributed by atoms with Gasteiger partial charge in [0.25, 0.3) is 0 Å². The molecular formula is C12H17F3N4O3. The molecule has 0 N–H and O–H groups in total. The minimum Gasteiger partial charge on any atom is -0.358 e. The number of nitrogens with zero attached hydrogens (tertiary/aromatic N) is 4. The van der Waals surface area contributed by atoms with Crippen LogP contribution in [0.2, 0.25) is 0 Å². The lowest BCUT2D eigenvalue weighted by molar-refractivity contribution is -0.389. The number of aromatic nitrogens is 2. The number of hydrogen-bond donors (Lipinski definition) is 0. The van der Waals surface area contributed by atoms with Crippen molar-refractivity contribution < 1.29 is 22.9 Å². The summed E-state index contributed by atoms with van der Waals surface area (Å²) in [7, 11) is 0. The van der Waals surface area contributed by atoms with E-state index in [4.69, 9.17) is 0 Å². The second-order valence-electron chi connectivity index (χ2n) is 6.05. The molecule has 1 heterocycles. The maximum Gasteiger partial charge on any atom is 0.406 e. The van der Waals surface area contributed by atoms with Crippen LogP contribution in [-0.2, 0) is 11.3 Å². The number of carbonyl (C=O) groups is 1. The molecule has 0 aliphatic heterocycles. The van der Waals surface area contributed by atoms with Gasteiger partial charge in [-0.05, 0) is 10.3 Å². The Balaban J connectivity index is 2.84. The first kappa shape index (κ1) is 17.9. The van der Waals surface area contributed by atoms with E-state index in [1.54, 1.807) is 20.8 Å². The van der Waals surface area contributed by atoms with Gasteiger partial charge in [-0.15, -0.1) is 0 Å². The Morgan fingerprint density at radius 2 is 1.95 bits per heavy atom. The maximum atomic E-state index is 12.6. The van der Waals surface area contributed by atoms with Gasteiger partial charge in [-0.3, -0.25) is 4.79 Å². The van der Waals surface area contributed by atoms with Crippen LogP contribution in [0.4, 0.5) is 19.0 Å². The van der Waals surface area contributed by atoms with Crippen LogP contribution in [0, 0.1) is 15.5 Å². The smallest absolute Gasteiger partial charge is 0.358 e. The SMILES string of the molecule is CC(C)(C)CN(CC(F)(F)F)C(=O)Cn1ccc([N+](=O)[O-])n1. The van der Waals surface area contributed by atoms with Crippen molar-refractivity contribution in [2.75, 3.05) is 13.1 Å². The zero-order valence-electron chi connectivity index (χ0n) is 12.4. The average Bonchev–Trinajstić information content (AvgIpc) is 2.72. The van der Waals surface area contributed by atoms with E-state index in [-0.39, 0.29) is 6.54 Å². The third kappa shape index (κ3) is 6.10. The fourth-order valence-electron chi connectivity index (χ4n) is 1.80. The highest BCUT2D eigenvalue weighted by Gasteiger charge is 2.35. The summed E-state index contributed by atoms with van der Waals surface area (Å²) in [6.45, 7) is 3.19. The van der Waals surface area contributed by atoms with Gasteiger partial charge in [0.2, 0.25) is 5.91 Å². The molecule has 7 nitrogen and oxygen atoms in total. The van der Waals surface area contributed by atoms with Crippen LogP contribution in [0.15, 0.2) is 12.3 Å². The third-order valence-electron chi connectivity index (χ3n) is 2.50. The van der Waals surface area contributed by atoms with Gasteiger partial charge in [-0.25, -0.2) is 0 Å². The Labute approximate surface area is 124 Å². The topological polar surface area (TPSA) is 81.3 Å². The molecule has 10 heteroatoms. The van der Waals surface area contributed by atoms with Crippen LogP contribution < -0.4 is 0 Å². The second kappa shape index (κ2) is 6.32. The van der Waals surface area contributed by atoms with Gasteiger partial charge in [-0.2, -0.15) is 17.9 Å². The number of carbonyl (C=O) groups excluding carboxylic acids is 1. The summed E-state index contributed by atoms with van der Waals surface area (Å²) in [5, 5.41) is 14.0. The molecule has 0 spiro atoms. The first-order valence-electron chi connectivity index (χ1n) is 6.40. The molecule has 0 aromatic carbocycles. The van der Waals surface area contributed by atoms with Crippen LogP contribution in [0.5, 0.6) is 0 Å². The van der Waals surface area contributed by atoms with Crippen LogP contribution in [0.3, 0.4) is 0 Å². The molecule has 0 aliphatic carbocycles. The van der Waals surface area contributed by atoms with Crippen LogP contribution in [0.1, 0.15) is 20.8 Å². The van der Waals surface area contributed by atoms with Gasteiger partial charge < -0.3 is 15.0 Å². The molecule has 22 heavy (non-hydrogen) atoms. The number of hydrogen-bond acceptors (Lipinski definition) is 4. The van der Waals surface area contributed by atoms with Crippen LogP contribution in [-0.4, -0.2) is 44.8 Å². The fraction of sp³-hybridized carbons (Fsp3) is 0.667. The molecule has 1 aromatic rings. The van der Waals surface area contributed by atoms with Crippen molar-refractivity contribution in [3.63, 3.8) is 0 Å². The van der Waals surface area contributed by atoms with Crippen molar-refractivity contribution in [2.24, 2.45) is 5.41 Å². The number of nitro groups is 1. The Hall–Kier alpha value is -2.13. The summed E-state index contributed by atoms with van der Waals surface area (Å²) in [4.78, 5) is 22.5. The van der Waals surface area contributed by atoms with E-state index in [9.17, 15) is 28.1 Å². The Morgan fingerprint density at radius 1 is 1.36 bits per heavy atom. The van der Waals surface area contributed by atoms with E-state index < -0.39 is 41.3 Å². The zero-order valence-corrected chi connectivity index (χ0v) is 12.4. The molecule has 0 radical (unpaired) electrons. The van der Waals surface area contributed by atoms with Gasteiger partial charge in [0, 0.05) is 6.54 Å². The molecule has 0 unspecified atom stereocenters. The molecule has 0 bridgehead atoms. The largest absolute Gasteiger partial charge is 0.406 e. The fourth-order valence-corrected chi connectivity index (χ4v) is 1.80. The van der Waals surface area contributed by atoms with Crippen LogP contribution in [0.25, 0.3) is 0 Å². The van der Waals surface area contributed by atoms with Crippen molar-refractivity contribution in [2.45, 2.75) is 33.5 Å². The van der Waals surface area contributed by atoms with E-state index in [1.165, 1.54) is 6.20 Å². The first-order valence-corrected chi connectivity index (χ1v) is 6.40. The molecule has 1 rings (SSSR count). The lowest BCUT2D eigenvalue weighted by Gasteiger charge is -2.30. The van der Waals surface area contributed by atoms with E-state index in [1.807, 2.05) is 0 Å². The molecule has 0 atom stereocenters. The minimum atomic E-state index is -4.52. The predicted octanol–water partition coefficient (Wildman–Crippen LogP) is 2.23.